The summed E-state index contributed by atoms with van der Waals surface area (Å²) in [7, 11) is -4.77. The molecule has 7 rings (SSSR count). The molecule has 0 saturated carbocycles. The molecule has 25 heteroatoms. The number of benzene rings is 3. The van der Waals surface area contributed by atoms with Gasteiger partial charge in [0.1, 0.15) is 4.90 Å². The van der Waals surface area contributed by atoms with Crippen molar-refractivity contribution in [1.29, 1.82) is 0 Å². The van der Waals surface area contributed by atoms with Crippen LogP contribution in [0.5, 0.6) is 0 Å². The summed E-state index contributed by atoms with van der Waals surface area (Å²) in [6.45, 7) is 8.40. The molecule has 0 aliphatic carbocycles. The first kappa shape index (κ1) is 48.1. The maximum atomic E-state index is 12.8. The Morgan fingerprint density at radius 3 is 1.71 bits per heavy atom. The van der Waals surface area contributed by atoms with Gasteiger partial charge in [-0.05, 0) is 54.4 Å². The fourth-order valence-electron chi connectivity index (χ4n) is 7.06. The minimum absolute atomic E-state index is 0.0655. The van der Waals surface area contributed by atoms with Crippen LogP contribution < -0.4 is 31.1 Å². The zero-order valence-corrected chi connectivity index (χ0v) is 37.6. The second-order valence-corrected chi connectivity index (χ2v) is 17.3. The Balaban J connectivity index is 1.12. The molecule has 23 nitrogen and oxygen atoms in total. The number of hydrogen-bond donors (Lipinski definition) is 9. The van der Waals surface area contributed by atoms with E-state index in [0.717, 1.165) is 5.69 Å². The third kappa shape index (κ3) is 13.6. The molecule has 2 fully saturated rings. The summed E-state index contributed by atoms with van der Waals surface area (Å²) >= 11 is 0.675. The Morgan fingerprint density at radius 2 is 1.18 bits per heavy atom. The molecule has 352 valence electrons. The molecule has 2 aromatic heterocycles. The van der Waals surface area contributed by atoms with Crippen molar-refractivity contribution < 1.29 is 42.9 Å². The molecule has 5 aromatic rings. The molecular formula is C41H52N14O9S2. The van der Waals surface area contributed by atoms with Gasteiger partial charge in [0.05, 0.1) is 31.4 Å². The highest BCUT2D eigenvalue weighted by molar-refractivity contribution is 7.94. The van der Waals surface area contributed by atoms with Gasteiger partial charge in [0.2, 0.25) is 35.7 Å². The zero-order chi connectivity index (χ0) is 46.5. The minimum Gasteiger partial charge on any atom is -0.395 e. The van der Waals surface area contributed by atoms with Crippen LogP contribution in [-0.2, 0) is 19.5 Å². The van der Waals surface area contributed by atoms with E-state index in [1.165, 1.54) is 18.2 Å². The second-order valence-electron chi connectivity index (χ2n) is 15.2. The fraction of sp³-hybridized carbons (Fsp3) is 0.366. The number of hydrogen-bond acceptors (Lipinski definition) is 23. The highest BCUT2D eigenvalue weighted by Crippen LogP contribution is 2.32. The van der Waals surface area contributed by atoms with E-state index in [0.29, 0.717) is 106 Å². The predicted octanol–water partition coefficient (Wildman–Crippen LogP) is 3.15. The van der Waals surface area contributed by atoms with Crippen molar-refractivity contribution in [2.24, 2.45) is 0 Å². The Bertz CT molecular complexity index is 2520. The van der Waals surface area contributed by atoms with Gasteiger partial charge in [-0.1, -0.05) is 47.5 Å². The van der Waals surface area contributed by atoms with E-state index in [1.54, 1.807) is 37.3 Å². The molecule has 2 aliphatic rings. The van der Waals surface area contributed by atoms with Gasteiger partial charge in [-0.15, -0.1) is 4.33 Å². The van der Waals surface area contributed by atoms with Crippen molar-refractivity contribution in [3.05, 3.63) is 77.9 Å². The van der Waals surface area contributed by atoms with Crippen LogP contribution in [0.15, 0.2) is 76.5 Å². The van der Waals surface area contributed by atoms with Crippen LogP contribution in [-0.4, -0.2) is 165 Å². The van der Waals surface area contributed by atoms with Crippen LogP contribution in [0.4, 0.5) is 52.8 Å². The number of rotatable bonds is 21. The monoisotopic (exact) mass is 948 g/mol. The average Bonchev–Trinajstić information content (AvgIpc) is 3.30. The maximum Gasteiger partial charge on any atom is 0.295 e. The number of aliphatic hydroxyl groups is 3. The van der Waals surface area contributed by atoms with Crippen LogP contribution in [0.1, 0.15) is 18.1 Å². The smallest absolute Gasteiger partial charge is 0.295 e. The number of nitrogens with zero attached hydrogens (tertiary/aromatic N) is 10. The SMILES string of the molecule is CC(O)CNc1nc(Nc2ccc(/C=C/c3ccc(Nc4nc(Nc5ccccc5)nc(N5CCN(CCO)CC5)n4)cc3S(=O)(=O)O)c(SOOO)c2)nc(N2CCN(CCO)CC2)n1. The van der Waals surface area contributed by atoms with Crippen molar-refractivity contribution in [1.82, 2.24) is 39.7 Å². The molecule has 1 unspecified atom stereocenters. The van der Waals surface area contributed by atoms with Crippen molar-refractivity contribution in [2.75, 3.05) is 116 Å². The highest BCUT2D eigenvalue weighted by Gasteiger charge is 2.23. The van der Waals surface area contributed by atoms with Gasteiger partial charge in [-0.2, -0.15) is 38.3 Å². The molecule has 0 spiro atoms. The fourth-order valence-corrected chi connectivity index (χ4v) is 8.28. The predicted molar refractivity (Wildman–Crippen MR) is 250 cm³/mol. The van der Waals surface area contributed by atoms with Gasteiger partial charge in [0.15, 0.2) is 0 Å². The van der Waals surface area contributed by atoms with Gasteiger partial charge in [0.25, 0.3) is 10.1 Å². The molecule has 0 amide bonds. The molecule has 1 atom stereocenters. The number of β-amino-alcohol motifs (C(OH)–C–C–N with tert-alkyl or cyclic N) is 2. The summed E-state index contributed by atoms with van der Waals surface area (Å²) < 4.78 is 40.9. The van der Waals surface area contributed by atoms with Crippen molar-refractivity contribution in [3.63, 3.8) is 0 Å². The molecular weight excluding hydrogens is 897 g/mol. The molecule has 2 aliphatic heterocycles. The summed E-state index contributed by atoms with van der Waals surface area (Å²) in [6, 6.07) is 18.8. The van der Waals surface area contributed by atoms with E-state index < -0.39 is 21.1 Å². The first-order chi connectivity index (χ1) is 32.0. The molecule has 9 N–H and O–H groups in total. The minimum atomic E-state index is -4.77. The lowest BCUT2D eigenvalue weighted by atomic mass is 10.1. The van der Waals surface area contributed by atoms with E-state index in [-0.39, 0.29) is 54.8 Å². The molecule has 0 bridgehead atoms. The van der Waals surface area contributed by atoms with Crippen LogP contribution in [0.2, 0.25) is 0 Å². The van der Waals surface area contributed by atoms with E-state index in [4.69, 9.17) is 9.59 Å². The van der Waals surface area contributed by atoms with Gasteiger partial charge in [-0.3, -0.25) is 14.4 Å². The summed E-state index contributed by atoms with van der Waals surface area (Å²) in [5, 5.41) is 54.0. The summed E-state index contributed by atoms with van der Waals surface area (Å²) in [6.07, 6.45) is 2.43. The van der Waals surface area contributed by atoms with Crippen LogP contribution >= 0.6 is 12.0 Å². The topological polar surface area (TPSA) is 292 Å². The van der Waals surface area contributed by atoms with Crippen LogP contribution in [0.3, 0.4) is 0 Å². The Kier molecular flexibility index (Phi) is 16.8. The van der Waals surface area contributed by atoms with Crippen molar-refractivity contribution in [2.45, 2.75) is 22.8 Å². The first-order valence-corrected chi connectivity index (χ1v) is 23.2. The largest absolute Gasteiger partial charge is 0.395 e. The van der Waals surface area contributed by atoms with Gasteiger partial charge in [0, 0.05) is 93.9 Å². The molecule has 3 aromatic carbocycles. The van der Waals surface area contributed by atoms with E-state index in [9.17, 15) is 28.3 Å². The van der Waals surface area contributed by atoms with Gasteiger partial charge < -0.3 is 46.4 Å². The summed E-state index contributed by atoms with van der Waals surface area (Å²) in [5.41, 5.74) is 2.18. The molecule has 0 radical (unpaired) electrons. The lowest BCUT2D eigenvalue weighted by Crippen LogP contribution is -2.47. The average molecular weight is 949 g/mol. The Labute approximate surface area is 385 Å². The lowest BCUT2D eigenvalue weighted by Gasteiger charge is -2.34. The van der Waals surface area contributed by atoms with Gasteiger partial charge >= 0.3 is 0 Å². The first-order valence-electron chi connectivity index (χ1n) is 21.0. The third-order valence-corrected chi connectivity index (χ3v) is 12.0. The third-order valence-electron chi connectivity index (χ3n) is 10.4. The normalized spacial score (nSPS) is 15.5. The second kappa shape index (κ2) is 23.1. The standard InChI is InChI=1S/C41H52N14O9S2/c1-28(58)27-42-36-46-38(50-40(48-36)54-17-13-52(14-18-54)21-23-56)44-32-11-9-29(34(25-32)65-64-63-59)7-8-30-10-12-33(26-35(30)66(60,61)62)45-39-47-37(43-31-5-3-2-4-6-31)49-41(51-39)55-19-15-53(16-20-55)22-24-57/h2-12,25-26,28,56-59H,13-24,27H2,1H3,(H,60,61,62)(H2,42,44,46,48,50)(H2,43,45,47,49,51)/b8-7+. The highest BCUT2D eigenvalue weighted by atomic mass is 32.2. The summed E-state index contributed by atoms with van der Waals surface area (Å²) in [4.78, 5) is 35.9. The molecule has 4 heterocycles. The van der Waals surface area contributed by atoms with Crippen LogP contribution in [0.25, 0.3) is 12.2 Å². The van der Waals surface area contributed by atoms with E-state index in [1.807, 2.05) is 40.1 Å². The Morgan fingerprint density at radius 1 is 0.682 bits per heavy atom. The van der Waals surface area contributed by atoms with Crippen LogP contribution in [0, 0.1) is 0 Å². The van der Waals surface area contributed by atoms with E-state index >= 15 is 0 Å². The Hall–Kier alpha value is -5.84. The van der Waals surface area contributed by atoms with Gasteiger partial charge in [-0.25, -0.2) is 5.26 Å². The lowest BCUT2D eigenvalue weighted by molar-refractivity contribution is -0.432. The number of para-hydroxylation sites is 1. The molecule has 2 saturated heterocycles. The van der Waals surface area contributed by atoms with Crippen molar-refractivity contribution in [3.8, 4) is 0 Å². The zero-order valence-electron chi connectivity index (χ0n) is 35.9. The molecule has 66 heavy (non-hydrogen) atoms. The number of aliphatic hydroxyl groups excluding tert-OH is 3. The number of nitrogens with one attached hydrogen (secondary N) is 4. The van der Waals surface area contributed by atoms with E-state index in [2.05, 4.69) is 66.0 Å². The number of aromatic nitrogens is 6. The van der Waals surface area contributed by atoms with Crippen molar-refractivity contribution >= 4 is 87.1 Å². The summed E-state index contributed by atoms with van der Waals surface area (Å²) in [5.74, 6) is 1.63. The number of piperazine rings is 2. The quantitative estimate of drug-likeness (QED) is 0.0168. The number of anilines is 9. The maximum absolute atomic E-state index is 12.8.